The lowest BCUT2D eigenvalue weighted by molar-refractivity contribution is 0.0926. The SMILES string of the molecule is N#CC1(c2ccc(N3C(=O)c4ccccc4C3=O)cc2)CCCC1. The molecule has 0 aromatic heterocycles. The highest BCUT2D eigenvalue weighted by molar-refractivity contribution is 6.34. The molecule has 0 spiro atoms. The monoisotopic (exact) mass is 316 g/mol. The van der Waals surface area contributed by atoms with E-state index in [1.807, 2.05) is 12.1 Å². The number of anilines is 1. The average Bonchev–Trinajstić information content (AvgIpc) is 3.21. The molecule has 1 saturated carbocycles. The van der Waals surface area contributed by atoms with Crippen LogP contribution in [0.2, 0.25) is 0 Å². The number of rotatable bonds is 2. The second kappa shape index (κ2) is 5.31. The van der Waals surface area contributed by atoms with Gasteiger partial charge in [0.1, 0.15) is 0 Å². The van der Waals surface area contributed by atoms with E-state index in [4.69, 9.17) is 0 Å². The molecule has 0 saturated heterocycles. The van der Waals surface area contributed by atoms with Gasteiger partial charge in [0, 0.05) is 0 Å². The maximum atomic E-state index is 12.5. The van der Waals surface area contributed by atoms with Crippen molar-refractivity contribution in [2.24, 2.45) is 0 Å². The van der Waals surface area contributed by atoms with Crippen molar-refractivity contribution in [2.45, 2.75) is 31.1 Å². The van der Waals surface area contributed by atoms with Crippen LogP contribution in [-0.2, 0) is 5.41 Å². The van der Waals surface area contributed by atoms with Gasteiger partial charge < -0.3 is 0 Å². The molecule has 0 N–H and O–H groups in total. The number of nitriles is 1. The predicted octanol–water partition coefficient (Wildman–Crippen LogP) is 3.82. The first kappa shape index (κ1) is 14.6. The number of nitrogens with zero attached hydrogens (tertiary/aromatic N) is 2. The Kier molecular flexibility index (Phi) is 3.24. The van der Waals surface area contributed by atoms with Crippen LogP contribution in [0.1, 0.15) is 52.0 Å². The van der Waals surface area contributed by atoms with Gasteiger partial charge in [0.15, 0.2) is 0 Å². The van der Waals surface area contributed by atoms with Crippen LogP contribution in [0.5, 0.6) is 0 Å². The molecule has 1 aliphatic heterocycles. The van der Waals surface area contributed by atoms with Crippen LogP contribution in [0, 0.1) is 11.3 Å². The Morgan fingerprint density at radius 1 is 0.875 bits per heavy atom. The zero-order valence-electron chi connectivity index (χ0n) is 13.2. The molecule has 0 radical (unpaired) electrons. The van der Waals surface area contributed by atoms with Crippen molar-refractivity contribution in [1.82, 2.24) is 0 Å². The third kappa shape index (κ3) is 1.98. The number of fused-ring (bicyclic) bond motifs is 1. The van der Waals surface area contributed by atoms with Gasteiger partial charge in [0.05, 0.1) is 28.3 Å². The maximum Gasteiger partial charge on any atom is 0.266 e. The van der Waals surface area contributed by atoms with E-state index in [1.165, 1.54) is 4.90 Å². The second-order valence-corrected chi connectivity index (χ2v) is 6.44. The van der Waals surface area contributed by atoms with E-state index >= 15 is 0 Å². The predicted molar refractivity (Wildman–Crippen MR) is 89.8 cm³/mol. The van der Waals surface area contributed by atoms with Crippen LogP contribution >= 0.6 is 0 Å². The fraction of sp³-hybridized carbons (Fsp3) is 0.250. The van der Waals surface area contributed by atoms with Crippen molar-refractivity contribution >= 4 is 17.5 Å². The fourth-order valence-electron chi connectivity index (χ4n) is 3.80. The van der Waals surface area contributed by atoms with Crippen molar-refractivity contribution < 1.29 is 9.59 Å². The first-order valence-corrected chi connectivity index (χ1v) is 8.16. The minimum absolute atomic E-state index is 0.292. The summed E-state index contributed by atoms with van der Waals surface area (Å²) in [5, 5.41) is 9.58. The summed E-state index contributed by atoms with van der Waals surface area (Å²) in [6.45, 7) is 0. The van der Waals surface area contributed by atoms with E-state index in [0.717, 1.165) is 31.2 Å². The molecule has 4 heteroatoms. The highest BCUT2D eigenvalue weighted by atomic mass is 16.2. The van der Waals surface area contributed by atoms with E-state index in [1.54, 1.807) is 36.4 Å². The number of amides is 2. The number of hydrogen-bond acceptors (Lipinski definition) is 3. The van der Waals surface area contributed by atoms with Gasteiger partial charge in [-0.1, -0.05) is 37.1 Å². The Morgan fingerprint density at radius 3 is 1.92 bits per heavy atom. The quantitative estimate of drug-likeness (QED) is 0.791. The lowest BCUT2D eigenvalue weighted by Crippen LogP contribution is -2.29. The lowest BCUT2D eigenvalue weighted by atomic mass is 9.80. The number of carbonyl (C=O) groups is 2. The maximum absolute atomic E-state index is 12.5. The van der Waals surface area contributed by atoms with Crippen molar-refractivity contribution in [2.75, 3.05) is 4.90 Å². The zero-order valence-corrected chi connectivity index (χ0v) is 13.2. The smallest absolute Gasteiger partial charge is 0.266 e. The average molecular weight is 316 g/mol. The normalized spacial score (nSPS) is 18.5. The number of benzene rings is 2. The molecule has 0 atom stereocenters. The van der Waals surface area contributed by atoms with E-state index in [0.29, 0.717) is 16.8 Å². The van der Waals surface area contributed by atoms with Crippen molar-refractivity contribution in [3.63, 3.8) is 0 Å². The Bertz CT molecular complexity index is 836. The van der Waals surface area contributed by atoms with Crippen LogP contribution in [0.3, 0.4) is 0 Å². The highest BCUT2D eigenvalue weighted by Gasteiger charge is 2.38. The van der Waals surface area contributed by atoms with E-state index in [9.17, 15) is 14.9 Å². The van der Waals surface area contributed by atoms with Crippen LogP contribution < -0.4 is 4.90 Å². The van der Waals surface area contributed by atoms with Crippen LogP contribution in [-0.4, -0.2) is 11.8 Å². The molecule has 2 aromatic carbocycles. The van der Waals surface area contributed by atoms with Crippen LogP contribution in [0.25, 0.3) is 0 Å². The molecular weight excluding hydrogens is 300 g/mol. The zero-order chi connectivity index (χ0) is 16.7. The van der Waals surface area contributed by atoms with E-state index in [-0.39, 0.29) is 11.8 Å². The standard InChI is InChI=1S/C20H16N2O2/c21-13-20(11-3-4-12-20)14-7-9-15(10-8-14)22-18(23)16-5-1-2-6-17(16)19(22)24/h1-2,5-10H,3-4,11-12H2. The molecule has 1 heterocycles. The van der Waals surface area contributed by atoms with Crippen molar-refractivity contribution in [1.29, 1.82) is 5.26 Å². The molecule has 0 unspecified atom stereocenters. The third-order valence-corrected chi connectivity index (χ3v) is 5.14. The van der Waals surface area contributed by atoms with Crippen molar-refractivity contribution in [3.05, 3.63) is 65.2 Å². The summed E-state index contributed by atoms with van der Waals surface area (Å²) in [6, 6.07) is 16.6. The number of carbonyl (C=O) groups excluding carboxylic acids is 2. The summed E-state index contributed by atoms with van der Waals surface area (Å²) < 4.78 is 0. The summed E-state index contributed by atoms with van der Waals surface area (Å²) in [5.41, 5.74) is 1.99. The molecule has 2 aromatic rings. The summed E-state index contributed by atoms with van der Waals surface area (Å²) in [7, 11) is 0. The largest absolute Gasteiger partial charge is 0.268 e. The number of hydrogen-bond donors (Lipinski definition) is 0. The Morgan fingerprint density at radius 2 is 1.42 bits per heavy atom. The van der Waals surface area contributed by atoms with Crippen LogP contribution in [0.15, 0.2) is 48.5 Å². The van der Waals surface area contributed by atoms with Gasteiger partial charge in [-0.25, -0.2) is 4.90 Å². The molecule has 1 aliphatic carbocycles. The Balaban J connectivity index is 1.69. The Hall–Kier alpha value is -2.93. The van der Waals surface area contributed by atoms with Gasteiger partial charge in [-0.2, -0.15) is 5.26 Å². The molecule has 118 valence electrons. The topological polar surface area (TPSA) is 61.2 Å². The van der Waals surface area contributed by atoms with Crippen molar-refractivity contribution in [3.8, 4) is 6.07 Å². The molecule has 2 amide bonds. The Labute approximate surface area is 140 Å². The first-order chi connectivity index (χ1) is 11.7. The van der Waals surface area contributed by atoms with Gasteiger partial charge in [0.25, 0.3) is 11.8 Å². The first-order valence-electron chi connectivity index (χ1n) is 8.16. The second-order valence-electron chi connectivity index (χ2n) is 6.44. The molecule has 4 nitrogen and oxygen atoms in total. The third-order valence-electron chi connectivity index (χ3n) is 5.14. The van der Waals surface area contributed by atoms with Crippen LogP contribution in [0.4, 0.5) is 5.69 Å². The summed E-state index contributed by atoms with van der Waals surface area (Å²) >= 11 is 0. The van der Waals surface area contributed by atoms with Gasteiger partial charge >= 0.3 is 0 Å². The summed E-state index contributed by atoms with van der Waals surface area (Å²) in [5.74, 6) is -0.585. The van der Waals surface area contributed by atoms with Gasteiger partial charge in [-0.3, -0.25) is 9.59 Å². The molecule has 24 heavy (non-hydrogen) atoms. The van der Waals surface area contributed by atoms with E-state index < -0.39 is 5.41 Å². The summed E-state index contributed by atoms with van der Waals surface area (Å²) in [6.07, 6.45) is 3.87. The highest BCUT2D eigenvalue weighted by Crippen LogP contribution is 2.41. The number of imide groups is 1. The lowest BCUT2D eigenvalue weighted by Gasteiger charge is -2.22. The fourth-order valence-corrected chi connectivity index (χ4v) is 3.80. The molecular formula is C20H16N2O2. The van der Waals surface area contributed by atoms with Gasteiger partial charge in [-0.15, -0.1) is 0 Å². The minimum atomic E-state index is -0.416. The minimum Gasteiger partial charge on any atom is -0.268 e. The molecule has 0 bridgehead atoms. The van der Waals surface area contributed by atoms with Gasteiger partial charge in [0.2, 0.25) is 0 Å². The summed E-state index contributed by atoms with van der Waals surface area (Å²) in [4.78, 5) is 26.3. The van der Waals surface area contributed by atoms with Gasteiger partial charge in [-0.05, 0) is 42.7 Å². The molecule has 4 rings (SSSR count). The molecule has 1 fully saturated rings. The molecule has 2 aliphatic rings. The van der Waals surface area contributed by atoms with E-state index in [2.05, 4.69) is 6.07 Å².